The van der Waals surface area contributed by atoms with Crippen molar-refractivity contribution in [3.63, 3.8) is 0 Å². The highest BCUT2D eigenvalue weighted by Crippen LogP contribution is 2.35. The standard InChI is InChI=1S/C24H29N5O5S/c1-24(2,29-8-10-32-11-9-29)16-25-22-23(28-35(30,31)17-6-4-3-5-7-17)27-19-15-21-20(14-18(19)26-22)33-12-13-34-21/h3-7,14-15H,8-13,16H2,1-2H3,(H,25,26)(H,27,28). The number of nitrogens with one attached hydrogen (secondary N) is 2. The molecular formula is C24H29N5O5S. The third-order valence-corrected chi connectivity index (χ3v) is 7.52. The maximum absolute atomic E-state index is 13.1. The fourth-order valence-corrected chi connectivity index (χ4v) is 5.18. The van der Waals surface area contributed by atoms with Crippen molar-refractivity contribution in [2.45, 2.75) is 24.3 Å². The van der Waals surface area contributed by atoms with E-state index >= 15 is 0 Å². The smallest absolute Gasteiger partial charge is 0.263 e. The van der Waals surface area contributed by atoms with Gasteiger partial charge in [0.25, 0.3) is 10.0 Å². The van der Waals surface area contributed by atoms with Crippen LogP contribution in [-0.4, -0.2) is 74.9 Å². The molecule has 11 heteroatoms. The normalized spacial score (nSPS) is 16.7. The van der Waals surface area contributed by atoms with E-state index in [1.807, 2.05) is 0 Å². The number of hydrogen-bond acceptors (Lipinski definition) is 9. The molecule has 0 atom stereocenters. The molecular weight excluding hydrogens is 470 g/mol. The zero-order valence-electron chi connectivity index (χ0n) is 19.8. The molecule has 2 aliphatic rings. The highest BCUT2D eigenvalue weighted by Gasteiger charge is 2.29. The molecule has 0 radical (unpaired) electrons. The van der Waals surface area contributed by atoms with Crippen molar-refractivity contribution >= 4 is 32.7 Å². The lowest BCUT2D eigenvalue weighted by Gasteiger charge is -2.41. The first-order valence-electron chi connectivity index (χ1n) is 11.6. The van der Waals surface area contributed by atoms with Gasteiger partial charge in [0.05, 0.1) is 29.1 Å². The number of nitrogens with zero attached hydrogens (tertiary/aromatic N) is 3. The molecule has 2 N–H and O–H groups in total. The third-order valence-electron chi connectivity index (χ3n) is 6.17. The molecule has 10 nitrogen and oxygen atoms in total. The summed E-state index contributed by atoms with van der Waals surface area (Å²) in [7, 11) is -3.87. The zero-order chi connectivity index (χ0) is 24.5. The van der Waals surface area contributed by atoms with Gasteiger partial charge < -0.3 is 19.5 Å². The molecule has 0 bridgehead atoms. The Balaban J connectivity index is 1.50. The Kier molecular flexibility index (Phi) is 6.39. The molecule has 2 aromatic carbocycles. The van der Waals surface area contributed by atoms with Crippen LogP contribution in [0.25, 0.3) is 11.0 Å². The van der Waals surface area contributed by atoms with Crippen LogP contribution in [0.15, 0.2) is 47.4 Å². The van der Waals surface area contributed by atoms with E-state index in [9.17, 15) is 8.42 Å². The summed E-state index contributed by atoms with van der Waals surface area (Å²) < 4.78 is 45.7. The minimum absolute atomic E-state index is 0.121. The van der Waals surface area contributed by atoms with Crippen LogP contribution in [0.1, 0.15) is 13.8 Å². The van der Waals surface area contributed by atoms with E-state index in [0.29, 0.717) is 61.3 Å². The van der Waals surface area contributed by atoms with Gasteiger partial charge in [0.2, 0.25) is 0 Å². The first kappa shape index (κ1) is 23.6. The van der Waals surface area contributed by atoms with Crippen LogP contribution < -0.4 is 19.5 Å². The van der Waals surface area contributed by atoms with Gasteiger partial charge in [0.1, 0.15) is 13.2 Å². The van der Waals surface area contributed by atoms with Crippen LogP contribution in [0.4, 0.5) is 11.6 Å². The fourth-order valence-electron chi connectivity index (χ4n) is 4.15. The molecule has 2 aliphatic heterocycles. The van der Waals surface area contributed by atoms with Gasteiger partial charge >= 0.3 is 0 Å². The van der Waals surface area contributed by atoms with Gasteiger partial charge in [-0.2, -0.15) is 0 Å². The summed E-state index contributed by atoms with van der Waals surface area (Å²) in [6.45, 7) is 8.73. The summed E-state index contributed by atoms with van der Waals surface area (Å²) in [6.07, 6.45) is 0. The Morgan fingerprint density at radius 1 is 0.914 bits per heavy atom. The fraction of sp³-hybridized carbons (Fsp3) is 0.417. The van der Waals surface area contributed by atoms with Crippen LogP contribution in [0.5, 0.6) is 11.5 Å². The molecule has 0 saturated carbocycles. The molecule has 3 aromatic rings. The lowest BCUT2D eigenvalue weighted by Crippen LogP contribution is -2.53. The van der Waals surface area contributed by atoms with Crippen molar-refractivity contribution < 1.29 is 22.6 Å². The number of aromatic nitrogens is 2. The minimum Gasteiger partial charge on any atom is -0.486 e. The van der Waals surface area contributed by atoms with Crippen molar-refractivity contribution in [3.05, 3.63) is 42.5 Å². The molecule has 35 heavy (non-hydrogen) atoms. The number of benzene rings is 2. The first-order valence-corrected chi connectivity index (χ1v) is 13.1. The van der Waals surface area contributed by atoms with Crippen LogP contribution in [-0.2, 0) is 14.8 Å². The second kappa shape index (κ2) is 9.48. The second-order valence-corrected chi connectivity index (χ2v) is 10.8. The molecule has 5 rings (SSSR count). The van der Waals surface area contributed by atoms with Gasteiger partial charge in [-0.1, -0.05) is 18.2 Å². The third kappa shape index (κ3) is 5.12. The molecule has 0 spiro atoms. The Bertz CT molecular complexity index is 1310. The van der Waals surface area contributed by atoms with Gasteiger partial charge in [0.15, 0.2) is 23.1 Å². The molecule has 3 heterocycles. The largest absolute Gasteiger partial charge is 0.486 e. The maximum atomic E-state index is 13.1. The van der Waals surface area contributed by atoms with Crippen LogP contribution in [0.2, 0.25) is 0 Å². The van der Waals surface area contributed by atoms with E-state index in [1.54, 1.807) is 30.3 Å². The van der Waals surface area contributed by atoms with Crippen molar-refractivity contribution in [2.75, 3.05) is 56.1 Å². The Labute approximate surface area is 204 Å². The van der Waals surface area contributed by atoms with Crippen molar-refractivity contribution in [2.24, 2.45) is 0 Å². The summed E-state index contributed by atoms with van der Waals surface area (Å²) in [6, 6.07) is 11.7. The Morgan fingerprint density at radius 2 is 1.51 bits per heavy atom. The van der Waals surface area contributed by atoms with E-state index < -0.39 is 10.0 Å². The summed E-state index contributed by atoms with van der Waals surface area (Å²) in [4.78, 5) is 11.8. The summed E-state index contributed by atoms with van der Waals surface area (Å²) >= 11 is 0. The summed E-state index contributed by atoms with van der Waals surface area (Å²) in [5.74, 6) is 1.62. The highest BCUT2D eigenvalue weighted by atomic mass is 32.2. The van der Waals surface area contributed by atoms with E-state index in [1.165, 1.54) is 12.1 Å². The molecule has 1 saturated heterocycles. The average Bonchev–Trinajstić information content (AvgIpc) is 2.87. The number of anilines is 2. The van der Waals surface area contributed by atoms with Gasteiger partial charge in [0, 0.05) is 37.3 Å². The average molecular weight is 500 g/mol. The number of ether oxygens (including phenoxy) is 3. The molecule has 0 amide bonds. The molecule has 1 fully saturated rings. The number of sulfonamides is 1. The van der Waals surface area contributed by atoms with Crippen molar-refractivity contribution in [1.82, 2.24) is 14.9 Å². The number of morpholine rings is 1. The van der Waals surface area contributed by atoms with Gasteiger partial charge in [-0.3, -0.25) is 9.62 Å². The Hall–Kier alpha value is -3.15. The molecule has 0 aliphatic carbocycles. The number of hydrogen-bond donors (Lipinski definition) is 2. The lowest BCUT2D eigenvalue weighted by molar-refractivity contribution is -0.00570. The quantitative estimate of drug-likeness (QED) is 0.506. The number of rotatable bonds is 7. The van der Waals surface area contributed by atoms with Crippen LogP contribution >= 0.6 is 0 Å². The predicted octanol–water partition coefficient (Wildman–Crippen LogP) is 2.72. The lowest BCUT2D eigenvalue weighted by atomic mass is 10.0. The van der Waals surface area contributed by atoms with E-state index in [2.05, 4.69) is 33.8 Å². The SMILES string of the molecule is CC(C)(CNc1nc2cc3c(cc2nc1NS(=O)(=O)c1ccccc1)OCCO3)N1CCOCC1. The van der Waals surface area contributed by atoms with Crippen molar-refractivity contribution in [3.8, 4) is 11.5 Å². The highest BCUT2D eigenvalue weighted by molar-refractivity contribution is 7.92. The predicted molar refractivity (Wildman–Crippen MR) is 133 cm³/mol. The maximum Gasteiger partial charge on any atom is 0.263 e. The zero-order valence-corrected chi connectivity index (χ0v) is 20.6. The first-order chi connectivity index (χ1) is 16.8. The van der Waals surface area contributed by atoms with E-state index in [4.69, 9.17) is 19.2 Å². The van der Waals surface area contributed by atoms with Gasteiger partial charge in [-0.25, -0.2) is 18.4 Å². The second-order valence-electron chi connectivity index (χ2n) is 9.09. The minimum atomic E-state index is -3.87. The van der Waals surface area contributed by atoms with Crippen LogP contribution in [0.3, 0.4) is 0 Å². The topological polar surface area (TPSA) is 115 Å². The van der Waals surface area contributed by atoms with Crippen molar-refractivity contribution in [1.29, 1.82) is 0 Å². The molecule has 0 unspecified atom stereocenters. The summed E-state index contributed by atoms with van der Waals surface area (Å²) in [5.41, 5.74) is 0.851. The van der Waals surface area contributed by atoms with E-state index in [0.717, 1.165) is 13.1 Å². The van der Waals surface area contributed by atoms with E-state index in [-0.39, 0.29) is 16.3 Å². The summed E-state index contributed by atoms with van der Waals surface area (Å²) in [5, 5.41) is 3.34. The Morgan fingerprint density at radius 3 is 2.14 bits per heavy atom. The number of fused-ring (bicyclic) bond motifs is 2. The monoisotopic (exact) mass is 499 g/mol. The van der Waals surface area contributed by atoms with Crippen LogP contribution in [0, 0.1) is 0 Å². The molecule has 186 valence electrons. The van der Waals surface area contributed by atoms with Gasteiger partial charge in [-0.05, 0) is 26.0 Å². The molecule has 1 aromatic heterocycles. The van der Waals surface area contributed by atoms with Gasteiger partial charge in [-0.15, -0.1) is 0 Å².